The molecule has 4 aromatic carbocycles. The van der Waals surface area contributed by atoms with Crippen LogP contribution in [-0.4, -0.2) is 86.2 Å². The highest BCUT2D eigenvalue weighted by Gasteiger charge is 2.31. The Bertz CT molecular complexity index is 2790. The summed E-state index contributed by atoms with van der Waals surface area (Å²) in [5.41, 5.74) is 5.32. The predicted molar refractivity (Wildman–Crippen MR) is 254 cm³/mol. The van der Waals surface area contributed by atoms with Gasteiger partial charge in [-0.2, -0.15) is 0 Å². The largest absolute Gasteiger partial charge is 0.454 e. The Morgan fingerprint density at radius 2 is 1.71 bits per heavy atom. The summed E-state index contributed by atoms with van der Waals surface area (Å²) in [5, 5.41) is 16.1. The van der Waals surface area contributed by atoms with Crippen molar-refractivity contribution in [2.75, 3.05) is 56.6 Å². The Morgan fingerprint density at radius 1 is 0.969 bits per heavy atom. The van der Waals surface area contributed by atoms with Gasteiger partial charge in [-0.1, -0.05) is 49.2 Å². The lowest BCUT2D eigenvalue weighted by molar-refractivity contribution is -0.384. The lowest BCUT2D eigenvalue weighted by Gasteiger charge is -2.39. The average Bonchev–Trinajstić information content (AvgIpc) is 3.59. The van der Waals surface area contributed by atoms with Gasteiger partial charge in [0.2, 0.25) is 0 Å². The number of methoxy groups -OCH3 is 1. The molecule has 0 atom stereocenters. The molecule has 2 heterocycles. The van der Waals surface area contributed by atoms with E-state index in [0.29, 0.717) is 30.7 Å². The fourth-order valence-corrected chi connectivity index (χ4v) is 10.5. The summed E-state index contributed by atoms with van der Waals surface area (Å²) in [6.07, 6.45) is 6.98. The fraction of sp³-hybridized carbons (Fsp3) is 0.417. The molecule has 0 unspecified atom stereocenters. The number of sulfonamides is 1. The monoisotopic (exact) mass is 925 g/mol. The molecular formula is C48H56ClN7O8S. The molecule has 0 radical (unpaired) electrons. The van der Waals surface area contributed by atoms with Crippen molar-refractivity contribution in [1.29, 1.82) is 0 Å². The van der Waals surface area contributed by atoms with Crippen LogP contribution in [0.25, 0.3) is 16.6 Å². The second-order valence-electron chi connectivity index (χ2n) is 18.2. The molecule has 17 heteroatoms. The second kappa shape index (κ2) is 19.0. The lowest BCUT2D eigenvalue weighted by Crippen LogP contribution is -2.47. The van der Waals surface area contributed by atoms with Crippen LogP contribution in [0.1, 0.15) is 74.7 Å². The quantitative estimate of drug-likeness (QED) is 0.0716. The number of nitrogens with one attached hydrogen (secondary N) is 3. The predicted octanol–water partition coefficient (Wildman–Crippen LogP) is 8.74. The topological polar surface area (TPSA) is 181 Å². The van der Waals surface area contributed by atoms with E-state index in [-0.39, 0.29) is 45.9 Å². The van der Waals surface area contributed by atoms with E-state index in [2.05, 4.69) is 50.8 Å². The zero-order valence-electron chi connectivity index (χ0n) is 37.2. The number of nitro groups is 1. The number of aromatic nitrogens is 2. The number of aromatic amines is 1. The van der Waals surface area contributed by atoms with Gasteiger partial charge in [0, 0.05) is 76.3 Å². The Morgan fingerprint density at radius 3 is 2.42 bits per heavy atom. The molecule has 3 aliphatic rings. The smallest absolute Gasteiger partial charge is 0.326 e. The second-order valence-corrected chi connectivity index (χ2v) is 20.4. The van der Waals surface area contributed by atoms with Crippen LogP contribution in [0, 0.1) is 21.4 Å². The minimum absolute atomic E-state index is 0.0615. The highest BCUT2D eigenvalue weighted by molar-refractivity contribution is 7.90. The summed E-state index contributed by atoms with van der Waals surface area (Å²) in [5.74, 6) is -0.375. The fourth-order valence-electron chi connectivity index (χ4n) is 9.39. The van der Waals surface area contributed by atoms with Gasteiger partial charge in [-0.15, -0.1) is 0 Å². The van der Waals surface area contributed by atoms with E-state index in [1.165, 1.54) is 39.5 Å². The van der Waals surface area contributed by atoms with Crippen LogP contribution in [0.15, 0.2) is 94.1 Å². The maximum absolute atomic E-state index is 14.1. The SMILES string of the molecule is CO[C@H]1CC[C@H](CNc2ccc(S(=O)(=O)NC(=O)c3ccc(N4CCN(CC5=C(c6ccc(Cl)cc6)CC(C)(C)CC5)CC4)cc3Oc3cccc4[nH]c(=O)n(C)c34)cc2[N+](=O)[O-])CC1. The van der Waals surface area contributed by atoms with Crippen LogP contribution in [0.2, 0.25) is 5.02 Å². The first-order valence-corrected chi connectivity index (χ1v) is 24.0. The van der Waals surface area contributed by atoms with Gasteiger partial charge in [0.25, 0.3) is 21.6 Å². The molecule has 8 rings (SSSR count). The first-order chi connectivity index (χ1) is 31.1. The van der Waals surface area contributed by atoms with Gasteiger partial charge < -0.3 is 24.7 Å². The Kier molecular flexibility index (Phi) is 13.4. The number of hydrogen-bond acceptors (Lipinski definition) is 11. The first-order valence-electron chi connectivity index (χ1n) is 22.1. The highest BCUT2D eigenvalue weighted by atomic mass is 35.5. The standard InChI is InChI=1S/C48H56ClN7O8S/c1-48(2)21-20-33(39(28-48)32-10-12-34(49)13-11-32)30-54-22-24-55(25-23-54)35-14-18-38(44(26-35)64-43-7-5-6-41-45(43)53(3)47(58)51-41)46(57)52-65(61,62)37-17-19-40(42(27-37)56(59)60)50-29-31-8-15-36(63-4)16-9-31/h5-7,10-14,17-19,26-27,31,36,50H,8-9,15-16,20-25,28-30H2,1-4H3,(H,51,58)(H,52,57)/t31-,36-. The van der Waals surface area contributed by atoms with Crippen LogP contribution in [0.4, 0.5) is 17.1 Å². The number of aryl methyl sites for hydroxylation is 1. The van der Waals surface area contributed by atoms with Crippen LogP contribution >= 0.6 is 11.6 Å². The number of amides is 1. The number of hydrogen-bond donors (Lipinski definition) is 3. The number of allylic oxidation sites excluding steroid dienone is 1. The van der Waals surface area contributed by atoms with Gasteiger partial charge in [-0.3, -0.25) is 24.4 Å². The van der Waals surface area contributed by atoms with Crippen molar-refractivity contribution in [1.82, 2.24) is 19.2 Å². The summed E-state index contributed by atoms with van der Waals surface area (Å²) >= 11 is 6.25. The molecule has 2 aliphatic carbocycles. The third-order valence-electron chi connectivity index (χ3n) is 13.3. The van der Waals surface area contributed by atoms with E-state index in [9.17, 15) is 28.1 Å². The van der Waals surface area contributed by atoms with Gasteiger partial charge in [0.1, 0.15) is 17.0 Å². The Labute approximate surface area is 383 Å². The number of para-hydroxylation sites is 1. The molecule has 344 valence electrons. The Hall–Kier alpha value is -5.68. The van der Waals surface area contributed by atoms with E-state index in [1.54, 1.807) is 44.5 Å². The van der Waals surface area contributed by atoms with Crippen molar-refractivity contribution in [3.63, 3.8) is 0 Å². The van der Waals surface area contributed by atoms with Crippen LogP contribution < -0.4 is 25.4 Å². The molecule has 3 N–H and O–H groups in total. The van der Waals surface area contributed by atoms with Crippen molar-refractivity contribution >= 4 is 61.2 Å². The number of halogens is 1. The van der Waals surface area contributed by atoms with Gasteiger partial charge >= 0.3 is 5.69 Å². The van der Waals surface area contributed by atoms with E-state index in [0.717, 1.165) is 81.4 Å². The molecule has 0 bridgehead atoms. The van der Waals surface area contributed by atoms with Crippen molar-refractivity contribution < 1.29 is 27.6 Å². The third-order valence-corrected chi connectivity index (χ3v) is 14.8. The van der Waals surface area contributed by atoms with Crippen LogP contribution in [-0.2, 0) is 21.8 Å². The van der Waals surface area contributed by atoms with Crippen molar-refractivity contribution in [2.24, 2.45) is 18.4 Å². The molecule has 2 fully saturated rings. The summed E-state index contributed by atoms with van der Waals surface area (Å²) in [7, 11) is -1.32. The molecule has 15 nitrogen and oxygen atoms in total. The maximum Gasteiger partial charge on any atom is 0.326 e. The molecule has 1 aromatic heterocycles. The molecule has 1 amide bonds. The number of ether oxygens (including phenoxy) is 2. The van der Waals surface area contributed by atoms with Gasteiger partial charge in [-0.05, 0) is 116 Å². The third kappa shape index (κ3) is 10.4. The number of anilines is 2. The molecule has 1 aliphatic heterocycles. The first kappa shape index (κ1) is 45.9. The number of nitro benzene ring substituents is 1. The number of benzene rings is 4. The summed E-state index contributed by atoms with van der Waals surface area (Å²) in [6, 6.07) is 21.8. The summed E-state index contributed by atoms with van der Waals surface area (Å²) in [4.78, 5) is 45.3. The minimum Gasteiger partial charge on any atom is -0.454 e. The number of nitrogens with zero attached hydrogens (tertiary/aromatic N) is 4. The molecular weight excluding hydrogens is 870 g/mol. The van der Waals surface area contributed by atoms with Crippen molar-refractivity contribution in [3.05, 3.63) is 121 Å². The van der Waals surface area contributed by atoms with E-state index in [1.807, 2.05) is 12.1 Å². The van der Waals surface area contributed by atoms with Gasteiger partial charge in [-0.25, -0.2) is 17.9 Å². The number of carbonyl (C=O) groups excluding carboxylic acids is 1. The zero-order chi connectivity index (χ0) is 46.0. The maximum atomic E-state index is 14.1. The van der Waals surface area contributed by atoms with Crippen molar-refractivity contribution in [3.8, 4) is 11.5 Å². The normalized spacial score (nSPS) is 19.3. The highest BCUT2D eigenvalue weighted by Crippen LogP contribution is 2.44. The number of carbonyl (C=O) groups is 1. The zero-order valence-corrected chi connectivity index (χ0v) is 38.8. The molecule has 1 saturated heterocycles. The number of H-pyrrole nitrogens is 1. The number of imidazole rings is 1. The van der Waals surface area contributed by atoms with Crippen LogP contribution in [0.5, 0.6) is 11.5 Å². The number of rotatable bonds is 14. The number of fused-ring (bicyclic) bond motifs is 1. The molecule has 1 saturated carbocycles. The van der Waals surface area contributed by atoms with E-state index >= 15 is 0 Å². The van der Waals surface area contributed by atoms with Crippen LogP contribution in [0.3, 0.4) is 0 Å². The van der Waals surface area contributed by atoms with Crippen molar-refractivity contribution in [2.45, 2.75) is 69.8 Å². The van der Waals surface area contributed by atoms with E-state index < -0.39 is 31.4 Å². The summed E-state index contributed by atoms with van der Waals surface area (Å²) < 4.78 is 43.0. The lowest BCUT2D eigenvalue weighted by atomic mass is 9.72. The number of piperazine rings is 1. The van der Waals surface area contributed by atoms with E-state index in [4.69, 9.17) is 21.1 Å². The Balaban J connectivity index is 1.02. The summed E-state index contributed by atoms with van der Waals surface area (Å²) in [6.45, 7) is 8.96. The molecule has 0 spiro atoms. The minimum atomic E-state index is -4.61. The molecule has 65 heavy (non-hydrogen) atoms. The van der Waals surface area contributed by atoms with Gasteiger partial charge in [0.15, 0.2) is 5.75 Å². The average molecular weight is 927 g/mol. The molecule has 5 aromatic rings. The van der Waals surface area contributed by atoms with Gasteiger partial charge in [0.05, 0.1) is 27.0 Å².